The fourth-order valence-electron chi connectivity index (χ4n) is 3.65. The van der Waals surface area contributed by atoms with Gasteiger partial charge < -0.3 is 9.64 Å². The number of unbranched alkanes of at least 4 members (excludes halogenated alkanes) is 2. The molecular formula is C25H30N2O4S4. The number of ether oxygens (including phenoxy) is 1. The molecule has 0 atom stereocenters. The van der Waals surface area contributed by atoms with Crippen molar-refractivity contribution in [2.45, 2.75) is 50.8 Å². The molecule has 2 heterocycles. The smallest absolute Gasteiger partial charge is 0.305 e. The number of thioether (sulfide) groups is 3. The van der Waals surface area contributed by atoms with E-state index in [0.717, 1.165) is 48.7 Å². The number of anilines is 1. The van der Waals surface area contributed by atoms with Gasteiger partial charge in [-0.15, -0.1) is 0 Å². The summed E-state index contributed by atoms with van der Waals surface area (Å²) in [4.78, 5) is 41.3. The number of para-hydroxylation sites is 1. The van der Waals surface area contributed by atoms with E-state index >= 15 is 0 Å². The van der Waals surface area contributed by atoms with Crippen molar-refractivity contribution in [2.75, 3.05) is 30.3 Å². The second-order valence-corrected chi connectivity index (χ2v) is 11.9. The molecule has 1 aromatic rings. The Morgan fingerprint density at radius 2 is 1.83 bits per heavy atom. The third kappa shape index (κ3) is 8.13. The maximum absolute atomic E-state index is 12.9. The number of carbonyl (C=O) groups excluding carboxylic acids is 3. The molecule has 2 aliphatic rings. The predicted molar refractivity (Wildman–Crippen MR) is 151 cm³/mol. The van der Waals surface area contributed by atoms with Gasteiger partial charge in [0.25, 0.3) is 5.91 Å². The number of benzene rings is 1. The number of nitrogens with zero attached hydrogens (tertiary/aromatic N) is 2. The zero-order valence-electron chi connectivity index (χ0n) is 20.0. The van der Waals surface area contributed by atoms with Crippen molar-refractivity contribution < 1.29 is 19.1 Å². The summed E-state index contributed by atoms with van der Waals surface area (Å²) in [5.74, 6) is 0.546. The Morgan fingerprint density at radius 1 is 1.06 bits per heavy atom. The highest BCUT2D eigenvalue weighted by molar-refractivity contribution is 8.26. The van der Waals surface area contributed by atoms with Crippen molar-refractivity contribution >= 4 is 74.5 Å². The van der Waals surface area contributed by atoms with Crippen LogP contribution in [0.5, 0.6) is 0 Å². The summed E-state index contributed by atoms with van der Waals surface area (Å²) in [7, 11) is 0. The minimum atomic E-state index is -0.173. The number of fused-ring (bicyclic) bond motifs is 1. The number of hydrogen-bond acceptors (Lipinski definition) is 9. The first kappa shape index (κ1) is 27.8. The standard InChI is InChI=1S/C25H30N2O4S4/c1-3-31-23(29)12-5-4-8-15-27-24(30)21(35-25(27)32)13-14-22-26(16-9-17-33-18(2)28)19-10-6-7-11-20(19)34-22/h6-7,10-11,13-14H,3-5,8-9,12,15-17H2,1-2H3. The molecule has 1 amide bonds. The molecule has 10 heteroatoms. The molecule has 0 spiro atoms. The van der Waals surface area contributed by atoms with Gasteiger partial charge in [0, 0.05) is 37.1 Å². The van der Waals surface area contributed by atoms with E-state index in [0.29, 0.717) is 28.8 Å². The first-order chi connectivity index (χ1) is 16.9. The summed E-state index contributed by atoms with van der Waals surface area (Å²) in [6, 6.07) is 8.25. The van der Waals surface area contributed by atoms with Crippen LogP contribution in [0, 0.1) is 0 Å². The van der Waals surface area contributed by atoms with E-state index in [1.54, 1.807) is 30.5 Å². The molecule has 2 aliphatic heterocycles. The normalized spacial score (nSPS) is 17.5. The van der Waals surface area contributed by atoms with E-state index in [9.17, 15) is 14.4 Å². The van der Waals surface area contributed by atoms with Gasteiger partial charge in [0.1, 0.15) is 4.32 Å². The molecule has 0 aliphatic carbocycles. The molecule has 35 heavy (non-hydrogen) atoms. The van der Waals surface area contributed by atoms with E-state index in [4.69, 9.17) is 17.0 Å². The third-order valence-corrected chi connectivity index (χ3v) is 8.71. The topological polar surface area (TPSA) is 66.9 Å². The Labute approximate surface area is 225 Å². The molecular weight excluding hydrogens is 521 g/mol. The molecule has 3 rings (SSSR count). The van der Waals surface area contributed by atoms with E-state index in [-0.39, 0.29) is 17.0 Å². The van der Waals surface area contributed by atoms with Crippen LogP contribution in [-0.2, 0) is 19.1 Å². The van der Waals surface area contributed by atoms with Crippen LogP contribution < -0.4 is 4.90 Å². The molecule has 1 saturated heterocycles. The highest BCUT2D eigenvalue weighted by atomic mass is 32.2. The highest BCUT2D eigenvalue weighted by Gasteiger charge is 2.31. The molecule has 0 saturated carbocycles. The zero-order chi connectivity index (χ0) is 25.2. The molecule has 0 aromatic heterocycles. The van der Waals surface area contributed by atoms with Crippen LogP contribution in [-0.4, -0.2) is 51.7 Å². The Hall–Kier alpha value is -1.75. The van der Waals surface area contributed by atoms with Crippen molar-refractivity contribution in [3.63, 3.8) is 0 Å². The van der Waals surface area contributed by atoms with Crippen LogP contribution in [0.15, 0.2) is 51.2 Å². The lowest BCUT2D eigenvalue weighted by atomic mass is 10.2. The van der Waals surface area contributed by atoms with Crippen LogP contribution in [0.4, 0.5) is 5.69 Å². The number of carbonyl (C=O) groups is 3. The van der Waals surface area contributed by atoms with Crippen LogP contribution in [0.1, 0.15) is 46.0 Å². The lowest BCUT2D eigenvalue weighted by Gasteiger charge is -2.20. The quantitative estimate of drug-likeness (QED) is 0.135. The van der Waals surface area contributed by atoms with Crippen molar-refractivity contribution in [3.8, 4) is 0 Å². The van der Waals surface area contributed by atoms with Crippen LogP contribution in [0.3, 0.4) is 0 Å². The Morgan fingerprint density at radius 3 is 2.60 bits per heavy atom. The number of amides is 1. The van der Waals surface area contributed by atoms with Crippen molar-refractivity contribution in [1.82, 2.24) is 4.90 Å². The summed E-state index contributed by atoms with van der Waals surface area (Å²) in [5, 5.41) is 1.20. The maximum atomic E-state index is 12.9. The third-order valence-electron chi connectivity index (χ3n) is 5.29. The summed E-state index contributed by atoms with van der Waals surface area (Å²) < 4.78 is 5.52. The van der Waals surface area contributed by atoms with Gasteiger partial charge in [-0.1, -0.05) is 66.1 Å². The van der Waals surface area contributed by atoms with Gasteiger partial charge >= 0.3 is 5.97 Å². The fraction of sp³-hybridized carbons (Fsp3) is 0.440. The molecule has 1 fully saturated rings. The maximum Gasteiger partial charge on any atom is 0.305 e. The fourth-order valence-corrected chi connectivity index (χ4v) is 6.55. The summed E-state index contributed by atoms with van der Waals surface area (Å²) in [6.07, 6.45) is 7.52. The minimum Gasteiger partial charge on any atom is -0.466 e. The van der Waals surface area contributed by atoms with Gasteiger partial charge in [0.15, 0.2) is 5.12 Å². The monoisotopic (exact) mass is 550 g/mol. The van der Waals surface area contributed by atoms with Gasteiger partial charge in [-0.05, 0) is 50.5 Å². The second-order valence-electron chi connectivity index (χ2n) is 7.89. The first-order valence-electron chi connectivity index (χ1n) is 11.7. The van der Waals surface area contributed by atoms with Gasteiger partial charge in [0.2, 0.25) is 0 Å². The molecule has 0 radical (unpaired) electrons. The van der Waals surface area contributed by atoms with E-state index in [1.807, 2.05) is 24.3 Å². The number of allylic oxidation sites excluding steroid dienone is 2. The average molecular weight is 551 g/mol. The Bertz CT molecular complexity index is 1020. The number of rotatable bonds is 12. The minimum absolute atomic E-state index is 0.0628. The van der Waals surface area contributed by atoms with Crippen molar-refractivity contribution in [1.29, 1.82) is 0 Å². The zero-order valence-corrected chi connectivity index (χ0v) is 23.3. The first-order valence-corrected chi connectivity index (χ1v) is 14.7. The van der Waals surface area contributed by atoms with Gasteiger partial charge in [-0.25, -0.2) is 0 Å². The van der Waals surface area contributed by atoms with Gasteiger partial charge in [-0.2, -0.15) is 0 Å². The SMILES string of the molecule is CCOC(=O)CCCCCN1C(=O)C(=CC=C2Sc3ccccc3N2CCCSC(C)=O)SC1=S. The largest absolute Gasteiger partial charge is 0.466 e. The number of esters is 1. The Kier molecular flexibility index (Phi) is 11.2. The van der Waals surface area contributed by atoms with Crippen LogP contribution in [0.2, 0.25) is 0 Å². The number of thiocarbonyl (C=S) groups is 1. The number of hydrogen-bond donors (Lipinski definition) is 0. The van der Waals surface area contributed by atoms with Crippen molar-refractivity contribution in [3.05, 3.63) is 46.4 Å². The van der Waals surface area contributed by atoms with Crippen molar-refractivity contribution in [2.24, 2.45) is 0 Å². The molecule has 6 nitrogen and oxygen atoms in total. The highest BCUT2D eigenvalue weighted by Crippen LogP contribution is 2.46. The van der Waals surface area contributed by atoms with Crippen LogP contribution in [0.25, 0.3) is 0 Å². The summed E-state index contributed by atoms with van der Waals surface area (Å²) in [6.45, 7) is 5.16. The lowest BCUT2D eigenvalue weighted by Crippen LogP contribution is -2.29. The van der Waals surface area contributed by atoms with E-state index in [2.05, 4.69) is 17.0 Å². The van der Waals surface area contributed by atoms with Gasteiger partial charge in [-0.3, -0.25) is 19.3 Å². The Balaban J connectivity index is 1.58. The molecule has 1 aromatic carbocycles. The van der Waals surface area contributed by atoms with E-state index < -0.39 is 0 Å². The van der Waals surface area contributed by atoms with Gasteiger partial charge in [0.05, 0.1) is 22.2 Å². The average Bonchev–Trinajstić information content (AvgIpc) is 3.31. The molecule has 0 unspecified atom stereocenters. The summed E-state index contributed by atoms with van der Waals surface area (Å²) in [5.41, 5.74) is 1.15. The lowest BCUT2D eigenvalue weighted by molar-refractivity contribution is -0.143. The second kappa shape index (κ2) is 14.1. The predicted octanol–water partition coefficient (Wildman–Crippen LogP) is 5.98. The van der Waals surface area contributed by atoms with E-state index in [1.165, 1.54) is 28.4 Å². The van der Waals surface area contributed by atoms with Crippen LogP contribution >= 0.6 is 47.5 Å². The molecule has 0 N–H and O–H groups in total. The molecule has 0 bridgehead atoms. The molecule has 188 valence electrons. The summed E-state index contributed by atoms with van der Waals surface area (Å²) >= 11 is 9.82.